The van der Waals surface area contributed by atoms with Gasteiger partial charge in [0.1, 0.15) is 0 Å². The monoisotopic (exact) mass is 304 g/mol. The molecule has 0 atom stereocenters. The summed E-state index contributed by atoms with van der Waals surface area (Å²) in [5.41, 5.74) is 5.68. The molecule has 2 N–H and O–H groups in total. The average Bonchev–Trinajstić information content (AvgIpc) is 2.63. The van der Waals surface area contributed by atoms with Crippen molar-refractivity contribution in [2.75, 3.05) is 13.6 Å². The molecule has 1 heterocycles. The van der Waals surface area contributed by atoms with E-state index >= 15 is 0 Å². The van der Waals surface area contributed by atoms with Crippen LogP contribution in [0.15, 0.2) is 12.1 Å². The fourth-order valence-corrected chi connectivity index (χ4v) is 2.97. The van der Waals surface area contributed by atoms with E-state index in [9.17, 15) is 0 Å². The van der Waals surface area contributed by atoms with E-state index in [0.717, 1.165) is 30.3 Å². The van der Waals surface area contributed by atoms with Gasteiger partial charge in [0.05, 0.1) is 9.32 Å². The Kier molecular flexibility index (Phi) is 6.05. The second kappa shape index (κ2) is 6.85. The van der Waals surface area contributed by atoms with Crippen molar-refractivity contribution in [2.45, 2.75) is 33.2 Å². The van der Waals surface area contributed by atoms with Crippen molar-refractivity contribution in [3.63, 3.8) is 0 Å². The summed E-state index contributed by atoms with van der Waals surface area (Å²) in [5, 5.41) is 0. The van der Waals surface area contributed by atoms with Gasteiger partial charge < -0.3 is 10.6 Å². The molecule has 1 aromatic rings. The van der Waals surface area contributed by atoms with E-state index in [-0.39, 0.29) is 5.41 Å². The number of hydrogen-bond donors (Lipinski definition) is 1. The molecule has 0 amide bonds. The first-order valence-electron chi connectivity index (χ1n) is 6.04. The minimum atomic E-state index is -0.0393. The molecule has 0 aromatic carbocycles. The highest BCUT2D eigenvalue weighted by molar-refractivity contribution is 7.80. The molecular formula is C13H21ClN2S2. The van der Waals surface area contributed by atoms with Gasteiger partial charge in [-0.25, -0.2) is 0 Å². The molecule has 1 aromatic heterocycles. The van der Waals surface area contributed by atoms with Crippen LogP contribution in [0.5, 0.6) is 0 Å². The molecule has 2 nitrogen and oxygen atoms in total. The molecule has 0 saturated heterocycles. The van der Waals surface area contributed by atoms with Crippen molar-refractivity contribution in [3.05, 3.63) is 21.3 Å². The molecule has 0 aliphatic heterocycles. The number of rotatable bonds is 7. The van der Waals surface area contributed by atoms with Gasteiger partial charge in [0.25, 0.3) is 0 Å². The van der Waals surface area contributed by atoms with E-state index in [1.165, 1.54) is 4.88 Å². The Bertz CT molecular complexity index is 401. The van der Waals surface area contributed by atoms with E-state index in [0.29, 0.717) is 4.99 Å². The Labute approximate surface area is 124 Å². The first-order chi connectivity index (χ1) is 8.31. The normalized spacial score (nSPS) is 12.1. The Morgan fingerprint density at radius 3 is 2.67 bits per heavy atom. The third-order valence-electron chi connectivity index (χ3n) is 3.06. The summed E-state index contributed by atoms with van der Waals surface area (Å²) >= 11 is 12.6. The first kappa shape index (κ1) is 15.9. The van der Waals surface area contributed by atoms with Crippen LogP contribution in [-0.2, 0) is 6.54 Å². The number of thiocarbonyl (C=S) groups is 1. The maximum atomic E-state index is 5.91. The summed E-state index contributed by atoms with van der Waals surface area (Å²) < 4.78 is 0.855. The van der Waals surface area contributed by atoms with Crippen LogP contribution in [0.3, 0.4) is 0 Å². The molecule has 0 fully saturated rings. The van der Waals surface area contributed by atoms with Gasteiger partial charge in [-0.1, -0.05) is 37.7 Å². The Morgan fingerprint density at radius 2 is 2.17 bits per heavy atom. The van der Waals surface area contributed by atoms with Crippen LogP contribution >= 0.6 is 35.2 Å². The second-order valence-corrected chi connectivity index (χ2v) is 7.53. The summed E-state index contributed by atoms with van der Waals surface area (Å²) in [6.45, 7) is 6.20. The molecule has 5 heteroatoms. The maximum Gasteiger partial charge on any atom is 0.0931 e. The third-order valence-corrected chi connectivity index (χ3v) is 4.83. The Hall–Kier alpha value is -0.160. The lowest BCUT2D eigenvalue weighted by atomic mass is 9.88. The lowest BCUT2D eigenvalue weighted by Crippen LogP contribution is -2.30. The van der Waals surface area contributed by atoms with Gasteiger partial charge in [0.15, 0.2) is 0 Å². The topological polar surface area (TPSA) is 29.3 Å². The molecule has 0 aliphatic carbocycles. The largest absolute Gasteiger partial charge is 0.393 e. The quantitative estimate of drug-likeness (QED) is 0.774. The van der Waals surface area contributed by atoms with Crippen molar-refractivity contribution in [3.8, 4) is 0 Å². The van der Waals surface area contributed by atoms with Gasteiger partial charge in [-0.3, -0.25) is 0 Å². The first-order valence-corrected chi connectivity index (χ1v) is 7.64. The Balaban J connectivity index is 2.29. The van der Waals surface area contributed by atoms with E-state index < -0.39 is 0 Å². The molecule has 0 bridgehead atoms. The van der Waals surface area contributed by atoms with Crippen LogP contribution in [0.1, 0.15) is 31.6 Å². The van der Waals surface area contributed by atoms with Gasteiger partial charge in [-0.05, 0) is 38.6 Å². The van der Waals surface area contributed by atoms with Crippen molar-refractivity contribution >= 4 is 40.1 Å². The molecule has 0 aliphatic rings. The van der Waals surface area contributed by atoms with E-state index in [1.54, 1.807) is 11.3 Å². The summed E-state index contributed by atoms with van der Waals surface area (Å²) in [7, 11) is 2.13. The fraction of sp³-hybridized carbons (Fsp3) is 0.615. The summed E-state index contributed by atoms with van der Waals surface area (Å²) in [5.74, 6) is 0. The molecule has 102 valence electrons. The number of nitrogens with zero attached hydrogens (tertiary/aromatic N) is 1. The molecular weight excluding hydrogens is 284 g/mol. The molecule has 0 unspecified atom stereocenters. The van der Waals surface area contributed by atoms with Gasteiger partial charge in [-0.2, -0.15) is 0 Å². The smallest absolute Gasteiger partial charge is 0.0931 e. The SMILES string of the molecule is CN(CCCC(C)(C)C(N)=S)Cc1ccc(Cl)s1. The predicted molar refractivity (Wildman–Crippen MR) is 85.5 cm³/mol. The van der Waals surface area contributed by atoms with Crippen LogP contribution in [0.2, 0.25) is 4.34 Å². The average molecular weight is 305 g/mol. The summed E-state index contributed by atoms with van der Waals surface area (Å²) in [6, 6.07) is 4.04. The van der Waals surface area contributed by atoms with Gasteiger partial charge in [-0.15, -0.1) is 11.3 Å². The van der Waals surface area contributed by atoms with Crippen molar-refractivity contribution in [1.29, 1.82) is 0 Å². The van der Waals surface area contributed by atoms with Crippen molar-refractivity contribution < 1.29 is 0 Å². The lowest BCUT2D eigenvalue weighted by molar-refractivity contribution is 0.303. The third kappa shape index (κ3) is 5.22. The lowest BCUT2D eigenvalue weighted by Gasteiger charge is -2.24. The number of nitrogens with two attached hydrogens (primary N) is 1. The minimum absolute atomic E-state index is 0.0393. The van der Waals surface area contributed by atoms with Crippen molar-refractivity contribution in [2.24, 2.45) is 11.1 Å². The fourth-order valence-electron chi connectivity index (χ4n) is 1.70. The van der Waals surface area contributed by atoms with Crippen LogP contribution in [0.25, 0.3) is 0 Å². The zero-order chi connectivity index (χ0) is 13.8. The Morgan fingerprint density at radius 1 is 1.50 bits per heavy atom. The zero-order valence-electron chi connectivity index (χ0n) is 11.2. The standard InChI is InChI=1S/C13H21ClN2S2/c1-13(2,12(15)17)7-4-8-16(3)9-10-5-6-11(14)18-10/h5-6H,4,7-9H2,1-3H3,(H2,15,17). The van der Waals surface area contributed by atoms with E-state index in [4.69, 9.17) is 29.6 Å². The van der Waals surface area contributed by atoms with Gasteiger partial charge >= 0.3 is 0 Å². The number of hydrogen-bond acceptors (Lipinski definition) is 3. The van der Waals surface area contributed by atoms with Crippen LogP contribution in [0, 0.1) is 5.41 Å². The number of halogens is 1. The summed E-state index contributed by atoms with van der Waals surface area (Å²) in [4.78, 5) is 4.21. The highest BCUT2D eigenvalue weighted by Crippen LogP contribution is 2.24. The van der Waals surface area contributed by atoms with Gasteiger partial charge in [0.2, 0.25) is 0 Å². The van der Waals surface area contributed by atoms with Gasteiger partial charge in [0, 0.05) is 16.8 Å². The van der Waals surface area contributed by atoms with Crippen molar-refractivity contribution in [1.82, 2.24) is 4.90 Å². The molecule has 0 spiro atoms. The molecule has 0 radical (unpaired) electrons. The highest BCUT2D eigenvalue weighted by Gasteiger charge is 2.20. The number of thiophene rings is 1. The van der Waals surface area contributed by atoms with E-state index in [2.05, 4.69) is 31.9 Å². The predicted octanol–water partition coefficient (Wildman–Crippen LogP) is 3.93. The zero-order valence-corrected chi connectivity index (χ0v) is 13.6. The highest BCUT2D eigenvalue weighted by atomic mass is 35.5. The molecule has 18 heavy (non-hydrogen) atoms. The summed E-state index contributed by atoms with van der Waals surface area (Å²) in [6.07, 6.45) is 2.12. The minimum Gasteiger partial charge on any atom is -0.393 e. The van der Waals surface area contributed by atoms with Crippen LogP contribution in [0.4, 0.5) is 0 Å². The van der Waals surface area contributed by atoms with Crippen LogP contribution in [-0.4, -0.2) is 23.5 Å². The molecule has 0 saturated carbocycles. The van der Waals surface area contributed by atoms with E-state index in [1.807, 2.05) is 6.07 Å². The second-order valence-electron chi connectivity index (χ2n) is 5.30. The molecule has 1 rings (SSSR count). The maximum absolute atomic E-state index is 5.91. The van der Waals surface area contributed by atoms with Crippen LogP contribution < -0.4 is 5.73 Å².